The topological polar surface area (TPSA) is 66.8 Å². The molecule has 0 heterocycles. The molecule has 0 aromatic heterocycles. The zero-order chi connectivity index (χ0) is 21.3. The summed E-state index contributed by atoms with van der Waals surface area (Å²) in [6.45, 7) is 2.22. The predicted molar refractivity (Wildman–Crippen MR) is 120 cm³/mol. The molecule has 1 rings (SSSR count). The van der Waals surface area contributed by atoms with E-state index >= 15 is 0 Å². The number of aliphatic hydroxyl groups is 2. The van der Waals surface area contributed by atoms with Gasteiger partial charge in [-0.2, -0.15) is 0 Å². The minimum absolute atomic E-state index is 0.176. The van der Waals surface area contributed by atoms with Crippen LogP contribution in [0.15, 0.2) is 36.5 Å². The molecule has 4 atom stereocenters. The van der Waals surface area contributed by atoms with Gasteiger partial charge in [0.05, 0.1) is 19.3 Å². The van der Waals surface area contributed by atoms with Gasteiger partial charge in [-0.15, -0.1) is 0 Å². The number of carbonyl (C=O) groups excluding carboxylic acids is 1. The van der Waals surface area contributed by atoms with Gasteiger partial charge in [0.2, 0.25) is 0 Å². The maximum absolute atomic E-state index is 11.2. The molecular weight excluding hydrogens is 364 g/mol. The van der Waals surface area contributed by atoms with E-state index in [1.807, 2.05) is 18.2 Å². The van der Waals surface area contributed by atoms with Gasteiger partial charge in [0.15, 0.2) is 0 Å². The maximum atomic E-state index is 11.2. The van der Waals surface area contributed by atoms with Crippen molar-refractivity contribution in [1.29, 1.82) is 0 Å². The average Bonchev–Trinajstić information content (AvgIpc) is 2.73. The number of allylic oxidation sites excluding steroid dienone is 5. The molecular formula is C25H42O4. The van der Waals surface area contributed by atoms with Crippen LogP contribution in [0.4, 0.5) is 0 Å². The lowest BCUT2D eigenvalue weighted by molar-refractivity contribution is -0.140. The smallest absolute Gasteiger partial charge is 0.305 e. The molecule has 0 radical (unpaired) electrons. The normalized spacial score (nSPS) is 21.7. The van der Waals surface area contributed by atoms with Crippen molar-refractivity contribution in [2.75, 3.05) is 7.11 Å². The fraction of sp³-hybridized carbons (Fsp3) is 0.720. The number of methoxy groups -OCH3 is 1. The highest BCUT2D eigenvalue weighted by Gasteiger charge is 2.26. The first-order valence-corrected chi connectivity index (χ1v) is 11.5. The van der Waals surface area contributed by atoms with Crippen LogP contribution < -0.4 is 0 Å². The van der Waals surface area contributed by atoms with Gasteiger partial charge in [-0.3, -0.25) is 4.79 Å². The lowest BCUT2D eigenvalue weighted by Crippen LogP contribution is -2.28. The Morgan fingerprint density at radius 3 is 2.52 bits per heavy atom. The molecule has 2 N–H and O–H groups in total. The lowest BCUT2D eigenvalue weighted by atomic mass is 9.78. The van der Waals surface area contributed by atoms with E-state index in [2.05, 4.69) is 29.9 Å². The zero-order valence-corrected chi connectivity index (χ0v) is 18.5. The molecule has 0 saturated carbocycles. The molecule has 0 bridgehead atoms. The lowest BCUT2D eigenvalue weighted by Gasteiger charge is -2.30. The summed E-state index contributed by atoms with van der Waals surface area (Å²) < 4.78 is 4.66. The van der Waals surface area contributed by atoms with Gasteiger partial charge >= 0.3 is 5.97 Å². The summed E-state index contributed by atoms with van der Waals surface area (Å²) in [4.78, 5) is 11.2. The van der Waals surface area contributed by atoms with Gasteiger partial charge in [0.25, 0.3) is 0 Å². The fourth-order valence-electron chi connectivity index (χ4n) is 3.92. The second-order valence-corrected chi connectivity index (χ2v) is 8.20. The van der Waals surface area contributed by atoms with Crippen molar-refractivity contribution >= 4 is 5.97 Å². The Morgan fingerprint density at radius 2 is 1.76 bits per heavy atom. The second kappa shape index (κ2) is 16.4. The molecule has 4 heteroatoms. The van der Waals surface area contributed by atoms with Gasteiger partial charge in [-0.25, -0.2) is 0 Å². The molecule has 0 aliphatic heterocycles. The van der Waals surface area contributed by atoms with E-state index in [4.69, 9.17) is 0 Å². The molecule has 1 aliphatic carbocycles. The van der Waals surface area contributed by atoms with Crippen molar-refractivity contribution in [1.82, 2.24) is 0 Å². The Balaban J connectivity index is 2.34. The van der Waals surface area contributed by atoms with Gasteiger partial charge in [0, 0.05) is 6.42 Å². The third kappa shape index (κ3) is 12.0. The molecule has 1 aliphatic rings. The van der Waals surface area contributed by atoms with Crippen LogP contribution in [0.25, 0.3) is 0 Å². The van der Waals surface area contributed by atoms with Gasteiger partial charge < -0.3 is 14.9 Å². The van der Waals surface area contributed by atoms with Gasteiger partial charge in [0.1, 0.15) is 0 Å². The molecule has 0 fully saturated rings. The van der Waals surface area contributed by atoms with E-state index in [1.54, 1.807) is 0 Å². The number of rotatable bonds is 15. The Hall–Kier alpha value is -1.39. The monoisotopic (exact) mass is 406 g/mol. The Bertz CT molecular complexity index is 509. The van der Waals surface area contributed by atoms with Crippen molar-refractivity contribution in [2.45, 2.75) is 96.2 Å². The first-order chi connectivity index (χ1) is 14.1. The van der Waals surface area contributed by atoms with Crippen LogP contribution in [-0.2, 0) is 9.53 Å². The summed E-state index contributed by atoms with van der Waals surface area (Å²) in [6, 6.07) is 0. The summed E-state index contributed by atoms with van der Waals surface area (Å²) in [6.07, 6.45) is 23.1. The maximum Gasteiger partial charge on any atom is 0.305 e. The Morgan fingerprint density at radius 1 is 1.03 bits per heavy atom. The number of esters is 1. The van der Waals surface area contributed by atoms with E-state index < -0.39 is 6.10 Å². The van der Waals surface area contributed by atoms with Crippen LogP contribution in [0, 0.1) is 11.8 Å². The minimum Gasteiger partial charge on any atom is -0.469 e. The molecule has 4 nitrogen and oxygen atoms in total. The highest BCUT2D eigenvalue weighted by molar-refractivity contribution is 5.68. The SMILES string of the molecule is CCCCCCCCC(O)C=CC=C[C@@H]1CC=CC[C@H]1C(O)CCCC(=O)OC. The Kier molecular flexibility index (Phi) is 14.5. The van der Waals surface area contributed by atoms with Crippen LogP contribution in [0.2, 0.25) is 0 Å². The van der Waals surface area contributed by atoms with E-state index in [0.29, 0.717) is 19.3 Å². The summed E-state index contributed by atoms with van der Waals surface area (Å²) in [5.74, 6) is 0.241. The minimum atomic E-state index is -0.415. The molecule has 0 spiro atoms. The van der Waals surface area contributed by atoms with Crippen molar-refractivity contribution < 1.29 is 19.7 Å². The van der Waals surface area contributed by atoms with E-state index in [0.717, 1.165) is 25.7 Å². The van der Waals surface area contributed by atoms with Gasteiger partial charge in [-0.1, -0.05) is 81.9 Å². The van der Waals surface area contributed by atoms with Crippen LogP contribution in [0.5, 0.6) is 0 Å². The molecule has 2 unspecified atom stereocenters. The summed E-state index contributed by atoms with van der Waals surface area (Å²) in [7, 11) is 1.39. The number of aliphatic hydroxyl groups excluding tert-OH is 2. The predicted octanol–water partition coefficient (Wildman–Crippen LogP) is 5.50. The van der Waals surface area contributed by atoms with E-state index in [9.17, 15) is 15.0 Å². The average molecular weight is 407 g/mol. The van der Waals surface area contributed by atoms with Crippen molar-refractivity contribution in [3.63, 3.8) is 0 Å². The zero-order valence-electron chi connectivity index (χ0n) is 18.5. The Labute approximate surface area is 177 Å². The quantitative estimate of drug-likeness (QED) is 0.163. The summed E-state index contributed by atoms with van der Waals surface area (Å²) in [5.41, 5.74) is 0. The van der Waals surface area contributed by atoms with E-state index in [1.165, 1.54) is 39.2 Å². The van der Waals surface area contributed by atoms with Crippen molar-refractivity contribution in [2.24, 2.45) is 11.8 Å². The standard InChI is InChI=1S/C25H42O4/c1-3-4-5-6-7-8-16-22(26)17-11-9-14-21-15-10-12-18-23(21)24(27)19-13-20-25(28)29-2/h9-12,14,17,21-24,26-27H,3-8,13,15-16,18-20H2,1-2H3/t21-,22?,23-,24?/m1/s1. The number of unbranched alkanes of at least 4 members (excludes halogenated alkanes) is 5. The highest BCUT2D eigenvalue weighted by atomic mass is 16.5. The third-order valence-corrected chi connectivity index (χ3v) is 5.79. The van der Waals surface area contributed by atoms with Crippen molar-refractivity contribution in [3.05, 3.63) is 36.5 Å². The van der Waals surface area contributed by atoms with Gasteiger partial charge in [-0.05, 0) is 43.9 Å². The number of hydrogen-bond donors (Lipinski definition) is 2. The molecule has 0 aromatic carbocycles. The molecule has 29 heavy (non-hydrogen) atoms. The first kappa shape index (κ1) is 25.6. The van der Waals surface area contributed by atoms with Crippen LogP contribution in [-0.4, -0.2) is 35.5 Å². The van der Waals surface area contributed by atoms with Crippen molar-refractivity contribution in [3.8, 4) is 0 Å². The highest BCUT2D eigenvalue weighted by Crippen LogP contribution is 2.31. The van der Waals surface area contributed by atoms with Crippen LogP contribution >= 0.6 is 0 Å². The molecule has 0 aromatic rings. The molecule has 166 valence electrons. The number of ether oxygens (including phenoxy) is 1. The number of carbonyl (C=O) groups is 1. The largest absolute Gasteiger partial charge is 0.469 e. The van der Waals surface area contributed by atoms with Crippen LogP contribution in [0.3, 0.4) is 0 Å². The van der Waals surface area contributed by atoms with E-state index in [-0.39, 0.29) is 23.9 Å². The fourth-order valence-corrected chi connectivity index (χ4v) is 3.92. The molecule has 0 amide bonds. The third-order valence-electron chi connectivity index (χ3n) is 5.79. The van der Waals surface area contributed by atoms with Crippen LogP contribution in [0.1, 0.15) is 84.0 Å². The second-order valence-electron chi connectivity index (χ2n) is 8.20. The summed E-state index contributed by atoms with van der Waals surface area (Å²) in [5, 5.41) is 20.7. The first-order valence-electron chi connectivity index (χ1n) is 11.5. The number of hydrogen-bond acceptors (Lipinski definition) is 4. The molecule has 0 saturated heterocycles. The summed E-state index contributed by atoms with van der Waals surface area (Å²) >= 11 is 0.